The molecule has 4 nitrogen and oxygen atoms in total. The number of amides is 1. The highest BCUT2D eigenvalue weighted by molar-refractivity contribution is 7.98. The maximum atomic E-state index is 12.0. The van der Waals surface area contributed by atoms with Crippen LogP contribution in [0.25, 0.3) is 6.08 Å². The minimum absolute atomic E-state index is 0.0331. The van der Waals surface area contributed by atoms with Crippen molar-refractivity contribution < 1.29 is 4.79 Å². The third-order valence-corrected chi connectivity index (χ3v) is 8.55. The number of benzene rings is 2. The van der Waals surface area contributed by atoms with Crippen molar-refractivity contribution in [1.82, 2.24) is 15.2 Å². The van der Waals surface area contributed by atoms with Crippen LogP contribution in [0.5, 0.6) is 0 Å². The summed E-state index contributed by atoms with van der Waals surface area (Å²) in [5, 5.41) is 3.01. The minimum atomic E-state index is -0.0331. The highest BCUT2D eigenvalue weighted by atomic mass is 32.2. The fourth-order valence-electron chi connectivity index (χ4n) is 5.46. The third-order valence-electron chi connectivity index (χ3n) is 7.41. The Balaban J connectivity index is 1.08. The second kappa shape index (κ2) is 12.4. The molecule has 1 aromatic heterocycles. The Morgan fingerprint density at radius 2 is 1.81 bits per heavy atom. The number of thioether (sulfide) groups is 1. The summed E-state index contributed by atoms with van der Waals surface area (Å²) in [6.45, 7) is 3.04. The van der Waals surface area contributed by atoms with Gasteiger partial charge in [0.15, 0.2) is 0 Å². The number of piperidine rings is 1. The third kappa shape index (κ3) is 6.26. The summed E-state index contributed by atoms with van der Waals surface area (Å²) in [4.78, 5) is 20.2. The SMILES string of the molecule is O=C(/C=C/c1cccnc1)NCCCCC1CCN(C2c3ccccc3CSc3ccccc32)CC1. The largest absolute Gasteiger partial charge is 0.353 e. The molecule has 1 unspecified atom stereocenters. The second-order valence-corrected chi connectivity index (χ2v) is 10.8. The molecule has 0 radical (unpaired) electrons. The molecule has 5 rings (SSSR count). The smallest absolute Gasteiger partial charge is 0.243 e. The van der Waals surface area contributed by atoms with E-state index in [-0.39, 0.29) is 5.91 Å². The zero-order valence-electron chi connectivity index (χ0n) is 20.8. The van der Waals surface area contributed by atoms with E-state index in [1.807, 2.05) is 23.9 Å². The lowest BCUT2D eigenvalue weighted by molar-refractivity contribution is -0.116. The number of rotatable bonds is 8. The van der Waals surface area contributed by atoms with Crippen LogP contribution in [-0.2, 0) is 10.5 Å². The highest BCUT2D eigenvalue weighted by Gasteiger charge is 2.31. The van der Waals surface area contributed by atoms with Crippen LogP contribution >= 0.6 is 11.8 Å². The molecule has 5 heteroatoms. The Kier molecular flexibility index (Phi) is 8.52. The maximum Gasteiger partial charge on any atom is 0.243 e. The van der Waals surface area contributed by atoms with Gasteiger partial charge < -0.3 is 5.32 Å². The summed E-state index contributed by atoms with van der Waals surface area (Å²) in [7, 11) is 0. The molecule has 2 aliphatic heterocycles. The van der Waals surface area contributed by atoms with E-state index in [1.54, 1.807) is 24.5 Å². The Bertz CT molecular complexity index is 1120. The van der Waals surface area contributed by atoms with Crippen LogP contribution in [0.15, 0.2) is 84.0 Å². The second-order valence-electron chi connectivity index (χ2n) is 9.81. The van der Waals surface area contributed by atoms with Gasteiger partial charge in [-0.3, -0.25) is 14.7 Å². The first kappa shape index (κ1) is 24.8. The number of nitrogens with zero attached hydrogens (tertiary/aromatic N) is 2. The van der Waals surface area contributed by atoms with E-state index in [0.29, 0.717) is 6.04 Å². The molecular formula is C31H35N3OS. The van der Waals surface area contributed by atoms with E-state index in [4.69, 9.17) is 0 Å². The van der Waals surface area contributed by atoms with Gasteiger partial charge in [-0.05, 0) is 78.7 Å². The molecule has 186 valence electrons. The summed E-state index contributed by atoms with van der Waals surface area (Å²) in [5.74, 6) is 1.80. The first-order valence-electron chi connectivity index (χ1n) is 13.2. The van der Waals surface area contributed by atoms with Crippen LogP contribution in [-0.4, -0.2) is 35.4 Å². The molecule has 2 aromatic carbocycles. The van der Waals surface area contributed by atoms with Crippen LogP contribution in [0.2, 0.25) is 0 Å². The van der Waals surface area contributed by atoms with Gasteiger partial charge in [0.05, 0.1) is 6.04 Å². The van der Waals surface area contributed by atoms with Crippen molar-refractivity contribution in [3.05, 3.63) is 101 Å². The lowest BCUT2D eigenvalue weighted by Gasteiger charge is -2.38. The van der Waals surface area contributed by atoms with Crippen molar-refractivity contribution in [2.45, 2.75) is 48.8 Å². The van der Waals surface area contributed by atoms with Crippen molar-refractivity contribution >= 4 is 23.7 Å². The molecule has 1 fully saturated rings. The molecule has 2 aliphatic rings. The van der Waals surface area contributed by atoms with Crippen molar-refractivity contribution in [1.29, 1.82) is 0 Å². The van der Waals surface area contributed by atoms with E-state index in [1.165, 1.54) is 47.3 Å². The van der Waals surface area contributed by atoms with Crippen molar-refractivity contribution in [2.75, 3.05) is 19.6 Å². The van der Waals surface area contributed by atoms with Crippen molar-refractivity contribution in [3.63, 3.8) is 0 Å². The number of unbranched alkanes of at least 4 members (excludes halogenated alkanes) is 1. The number of likely N-dealkylation sites (tertiary alicyclic amines) is 1. The predicted octanol–water partition coefficient (Wildman–Crippen LogP) is 6.49. The van der Waals surface area contributed by atoms with E-state index in [2.05, 4.69) is 63.7 Å². The molecule has 3 aromatic rings. The summed E-state index contributed by atoms with van der Waals surface area (Å²) >= 11 is 1.98. The average Bonchev–Trinajstić information content (AvgIpc) is 3.10. The van der Waals surface area contributed by atoms with Gasteiger partial charge in [-0.15, -0.1) is 11.8 Å². The van der Waals surface area contributed by atoms with Crippen molar-refractivity contribution in [2.24, 2.45) is 5.92 Å². The fourth-order valence-corrected chi connectivity index (χ4v) is 6.56. The van der Waals surface area contributed by atoms with Gasteiger partial charge in [0.1, 0.15) is 0 Å². The molecule has 1 atom stereocenters. The molecule has 0 bridgehead atoms. The number of pyridine rings is 1. The van der Waals surface area contributed by atoms with E-state index >= 15 is 0 Å². The quantitative estimate of drug-likeness (QED) is 0.285. The van der Waals surface area contributed by atoms with Gasteiger partial charge in [-0.2, -0.15) is 0 Å². The fraction of sp³-hybridized carbons (Fsp3) is 0.355. The van der Waals surface area contributed by atoms with Gasteiger partial charge >= 0.3 is 0 Å². The summed E-state index contributed by atoms with van der Waals surface area (Å²) in [6, 6.07) is 22.2. The van der Waals surface area contributed by atoms with Crippen LogP contribution in [0.1, 0.15) is 60.4 Å². The molecule has 3 heterocycles. The molecular weight excluding hydrogens is 462 g/mol. The van der Waals surface area contributed by atoms with Crippen LogP contribution in [0, 0.1) is 5.92 Å². The van der Waals surface area contributed by atoms with Gasteiger partial charge in [-0.25, -0.2) is 0 Å². The minimum Gasteiger partial charge on any atom is -0.353 e. The molecule has 0 saturated carbocycles. The number of nitrogens with one attached hydrogen (secondary N) is 1. The monoisotopic (exact) mass is 497 g/mol. The maximum absolute atomic E-state index is 12.0. The first-order valence-corrected chi connectivity index (χ1v) is 14.2. The Morgan fingerprint density at radius 3 is 2.64 bits per heavy atom. The molecule has 1 saturated heterocycles. The van der Waals surface area contributed by atoms with Crippen LogP contribution in [0.4, 0.5) is 0 Å². The number of fused-ring (bicyclic) bond motifs is 2. The normalized spacial score (nSPS) is 18.4. The van der Waals surface area contributed by atoms with E-state index in [9.17, 15) is 4.79 Å². The Labute approximate surface area is 219 Å². The van der Waals surface area contributed by atoms with Crippen LogP contribution < -0.4 is 5.32 Å². The highest BCUT2D eigenvalue weighted by Crippen LogP contribution is 2.43. The number of aromatic nitrogens is 1. The van der Waals surface area contributed by atoms with Gasteiger partial charge in [0, 0.05) is 35.7 Å². The summed E-state index contributed by atoms with van der Waals surface area (Å²) < 4.78 is 0. The predicted molar refractivity (Wildman–Crippen MR) is 149 cm³/mol. The molecule has 1 N–H and O–H groups in total. The van der Waals surface area contributed by atoms with Crippen molar-refractivity contribution in [3.8, 4) is 0 Å². The molecule has 36 heavy (non-hydrogen) atoms. The van der Waals surface area contributed by atoms with Crippen LogP contribution in [0.3, 0.4) is 0 Å². The van der Waals surface area contributed by atoms with Gasteiger partial charge in [0.25, 0.3) is 0 Å². The molecule has 0 spiro atoms. The number of carbonyl (C=O) groups is 1. The standard InChI is InChI=1S/C31H35N3OS/c35-30(15-14-25-9-7-18-32-22-25)33-19-6-5-8-24-16-20-34(21-17-24)31-27-11-2-1-10-26(27)23-36-29-13-4-3-12-28(29)31/h1-4,7,9-15,18,22,24,31H,5-6,8,16-17,19-21,23H2,(H,33,35)/b15-14+. The zero-order valence-corrected chi connectivity index (χ0v) is 21.6. The lowest BCUT2D eigenvalue weighted by Crippen LogP contribution is -2.37. The van der Waals surface area contributed by atoms with E-state index in [0.717, 1.165) is 43.3 Å². The number of hydrogen-bond acceptors (Lipinski definition) is 4. The Morgan fingerprint density at radius 1 is 1.00 bits per heavy atom. The first-order chi connectivity index (χ1) is 17.8. The molecule has 1 amide bonds. The zero-order chi connectivity index (χ0) is 24.6. The lowest BCUT2D eigenvalue weighted by atomic mass is 9.87. The average molecular weight is 498 g/mol. The van der Waals surface area contributed by atoms with Gasteiger partial charge in [0.2, 0.25) is 5.91 Å². The molecule has 0 aliphatic carbocycles. The summed E-state index contributed by atoms with van der Waals surface area (Å²) in [6.07, 6.45) is 12.9. The summed E-state index contributed by atoms with van der Waals surface area (Å²) in [5.41, 5.74) is 5.37. The topological polar surface area (TPSA) is 45.2 Å². The number of hydrogen-bond donors (Lipinski definition) is 1. The van der Waals surface area contributed by atoms with E-state index < -0.39 is 0 Å². The number of carbonyl (C=O) groups excluding carboxylic acids is 1. The van der Waals surface area contributed by atoms with Gasteiger partial charge in [-0.1, -0.05) is 61.4 Å². The Hall–Kier alpha value is -2.89.